The van der Waals surface area contributed by atoms with Crippen LogP contribution in [0.1, 0.15) is 17.0 Å². The van der Waals surface area contributed by atoms with E-state index < -0.39 is 0 Å². The van der Waals surface area contributed by atoms with Gasteiger partial charge in [0.15, 0.2) is 0 Å². The maximum absolute atomic E-state index is 13.8. The minimum absolute atomic E-state index is 0.0241. The lowest BCUT2D eigenvalue weighted by molar-refractivity contribution is 0.263. The predicted octanol–water partition coefficient (Wildman–Crippen LogP) is 4.56. The van der Waals surface area contributed by atoms with Gasteiger partial charge in [0.25, 0.3) is 0 Å². The van der Waals surface area contributed by atoms with Crippen molar-refractivity contribution >= 4 is 27.5 Å². The molecule has 0 aliphatic carbocycles. The minimum atomic E-state index is -0.330. The molecule has 0 saturated carbocycles. The first-order valence-corrected chi connectivity index (χ1v) is 7.07. The Morgan fingerprint density at radius 2 is 1.84 bits per heavy atom. The summed E-state index contributed by atoms with van der Waals surface area (Å²) in [6.07, 6.45) is 0.446. The molecule has 0 aromatic heterocycles. The molecule has 0 bridgehead atoms. The Labute approximate surface area is 125 Å². The average molecular weight is 344 g/mol. The Bertz CT molecular complexity index is 557. The number of halogens is 3. The van der Waals surface area contributed by atoms with Gasteiger partial charge in [-0.05, 0) is 41.8 Å². The van der Waals surface area contributed by atoms with E-state index in [0.717, 1.165) is 10.0 Å². The van der Waals surface area contributed by atoms with Gasteiger partial charge in [-0.15, -0.1) is 0 Å². The quantitative estimate of drug-likeness (QED) is 0.863. The largest absolute Gasteiger partial charge is 0.396 e. The van der Waals surface area contributed by atoms with E-state index in [1.165, 1.54) is 6.07 Å². The van der Waals surface area contributed by atoms with Crippen LogP contribution in [0.5, 0.6) is 0 Å². The highest BCUT2D eigenvalue weighted by atomic mass is 79.9. The molecule has 19 heavy (non-hydrogen) atoms. The number of hydrogen-bond donors (Lipinski definition) is 1. The lowest BCUT2D eigenvalue weighted by Crippen LogP contribution is -2.09. The molecule has 4 heteroatoms. The second-order valence-electron chi connectivity index (χ2n) is 4.37. The van der Waals surface area contributed by atoms with Gasteiger partial charge in [0, 0.05) is 15.4 Å². The molecular weight excluding hydrogens is 331 g/mol. The standard InChI is InChI=1S/C15H13BrClFO/c16-13-4-1-10(2-5-13)12(9-19)7-11-3-6-14(17)8-15(11)18/h1-6,8,12,19H,7,9H2. The molecular formula is C15H13BrClFO. The first kappa shape index (κ1) is 14.5. The number of benzene rings is 2. The van der Waals surface area contributed by atoms with E-state index in [4.69, 9.17) is 11.6 Å². The Morgan fingerprint density at radius 1 is 1.16 bits per heavy atom. The summed E-state index contributed by atoms with van der Waals surface area (Å²) in [6.45, 7) is -0.0241. The van der Waals surface area contributed by atoms with E-state index in [2.05, 4.69) is 15.9 Å². The fourth-order valence-corrected chi connectivity index (χ4v) is 2.40. The second kappa shape index (κ2) is 6.51. The van der Waals surface area contributed by atoms with Gasteiger partial charge < -0.3 is 5.11 Å². The Kier molecular flexibility index (Phi) is 4.97. The van der Waals surface area contributed by atoms with Gasteiger partial charge in [0.1, 0.15) is 5.82 Å². The summed E-state index contributed by atoms with van der Waals surface area (Å²) >= 11 is 9.09. The summed E-state index contributed by atoms with van der Waals surface area (Å²) in [6, 6.07) is 12.3. The van der Waals surface area contributed by atoms with Crippen LogP contribution in [0, 0.1) is 5.82 Å². The zero-order chi connectivity index (χ0) is 13.8. The van der Waals surface area contributed by atoms with E-state index in [9.17, 15) is 9.50 Å². The summed E-state index contributed by atoms with van der Waals surface area (Å²) in [5, 5.41) is 9.88. The molecule has 0 spiro atoms. The van der Waals surface area contributed by atoms with Gasteiger partial charge >= 0.3 is 0 Å². The summed E-state index contributed by atoms with van der Waals surface area (Å²) in [5.41, 5.74) is 1.55. The van der Waals surface area contributed by atoms with Crippen molar-refractivity contribution < 1.29 is 9.50 Å². The zero-order valence-electron chi connectivity index (χ0n) is 10.1. The molecule has 0 radical (unpaired) electrons. The second-order valence-corrected chi connectivity index (χ2v) is 5.72. The van der Waals surface area contributed by atoms with Crippen molar-refractivity contribution in [3.8, 4) is 0 Å². The monoisotopic (exact) mass is 342 g/mol. The molecule has 2 aromatic rings. The van der Waals surface area contributed by atoms with E-state index in [-0.39, 0.29) is 18.3 Å². The highest BCUT2D eigenvalue weighted by Crippen LogP contribution is 2.25. The molecule has 0 amide bonds. The van der Waals surface area contributed by atoms with Crippen LogP contribution in [0.2, 0.25) is 5.02 Å². The zero-order valence-corrected chi connectivity index (χ0v) is 12.5. The topological polar surface area (TPSA) is 20.2 Å². The first-order chi connectivity index (χ1) is 9.10. The van der Waals surface area contributed by atoms with Crippen molar-refractivity contribution in [2.75, 3.05) is 6.61 Å². The van der Waals surface area contributed by atoms with Crippen molar-refractivity contribution in [3.05, 3.63) is 68.9 Å². The van der Waals surface area contributed by atoms with Crippen molar-refractivity contribution in [2.24, 2.45) is 0 Å². The smallest absolute Gasteiger partial charge is 0.127 e. The summed E-state index contributed by atoms with van der Waals surface area (Å²) in [7, 11) is 0. The van der Waals surface area contributed by atoms with Gasteiger partial charge in [-0.2, -0.15) is 0 Å². The summed E-state index contributed by atoms with van der Waals surface area (Å²) in [4.78, 5) is 0. The lowest BCUT2D eigenvalue weighted by atomic mass is 9.92. The maximum atomic E-state index is 13.8. The molecule has 0 fully saturated rings. The highest BCUT2D eigenvalue weighted by molar-refractivity contribution is 9.10. The summed E-state index contributed by atoms with van der Waals surface area (Å²) in [5.74, 6) is -0.452. The third-order valence-electron chi connectivity index (χ3n) is 3.04. The Balaban J connectivity index is 2.21. The molecule has 0 aliphatic rings. The molecule has 0 saturated heterocycles. The van der Waals surface area contributed by atoms with Gasteiger partial charge in [-0.3, -0.25) is 0 Å². The fourth-order valence-electron chi connectivity index (χ4n) is 1.98. The van der Waals surface area contributed by atoms with Crippen molar-refractivity contribution in [3.63, 3.8) is 0 Å². The van der Waals surface area contributed by atoms with Crippen molar-refractivity contribution in [2.45, 2.75) is 12.3 Å². The van der Waals surface area contributed by atoms with Crippen LogP contribution < -0.4 is 0 Å². The Morgan fingerprint density at radius 3 is 2.42 bits per heavy atom. The number of aliphatic hydroxyl groups excluding tert-OH is 1. The third-order valence-corrected chi connectivity index (χ3v) is 3.81. The SMILES string of the molecule is OCC(Cc1ccc(Cl)cc1F)c1ccc(Br)cc1. The minimum Gasteiger partial charge on any atom is -0.396 e. The average Bonchev–Trinajstić information content (AvgIpc) is 2.39. The van der Waals surface area contributed by atoms with Crippen molar-refractivity contribution in [1.29, 1.82) is 0 Å². The van der Waals surface area contributed by atoms with Crippen LogP contribution in [-0.4, -0.2) is 11.7 Å². The van der Waals surface area contributed by atoms with Crippen LogP contribution in [0.4, 0.5) is 4.39 Å². The van der Waals surface area contributed by atoms with Crippen LogP contribution in [0.15, 0.2) is 46.9 Å². The van der Waals surface area contributed by atoms with Crippen molar-refractivity contribution in [1.82, 2.24) is 0 Å². The van der Waals surface area contributed by atoms with Crippen LogP contribution >= 0.6 is 27.5 Å². The third kappa shape index (κ3) is 3.78. The first-order valence-electron chi connectivity index (χ1n) is 5.90. The molecule has 0 heterocycles. The Hall–Kier alpha value is -0.900. The molecule has 1 nitrogen and oxygen atoms in total. The predicted molar refractivity (Wildman–Crippen MR) is 79.1 cm³/mol. The molecule has 0 aliphatic heterocycles. The number of rotatable bonds is 4. The van der Waals surface area contributed by atoms with Gasteiger partial charge in [-0.1, -0.05) is 45.7 Å². The molecule has 2 aromatic carbocycles. The van der Waals surface area contributed by atoms with Gasteiger partial charge in [0.2, 0.25) is 0 Å². The van der Waals surface area contributed by atoms with E-state index in [1.807, 2.05) is 24.3 Å². The molecule has 1 unspecified atom stereocenters. The molecule has 1 N–H and O–H groups in total. The van der Waals surface area contributed by atoms with Crippen LogP contribution in [0.3, 0.4) is 0 Å². The molecule has 2 rings (SSSR count). The number of aliphatic hydroxyl groups is 1. The van der Waals surface area contributed by atoms with E-state index in [0.29, 0.717) is 17.0 Å². The lowest BCUT2D eigenvalue weighted by Gasteiger charge is -2.15. The normalized spacial score (nSPS) is 12.4. The van der Waals surface area contributed by atoms with Gasteiger partial charge in [0.05, 0.1) is 6.61 Å². The highest BCUT2D eigenvalue weighted by Gasteiger charge is 2.14. The fraction of sp³-hybridized carbons (Fsp3) is 0.200. The molecule has 100 valence electrons. The van der Waals surface area contributed by atoms with E-state index in [1.54, 1.807) is 12.1 Å². The van der Waals surface area contributed by atoms with E-state index >= 15 is 0 Å². The van der Waals surface area contributed by atoms with Gasteiger partial charge in [-0.25, -0.2) is 4.39 Å². The summed E-state index contributed by atoms with van der Waals surface area (Å²) < 4.78 is 14.7. The number of hydrogen-bond acceptors (Lipinski definition) is 1. The maximum Gasteiger partial charge on any atom is 0.127 e. The van der Waals surface area contributed by atoms with Crippen LogP contribution in [-0.2, 0) is 6.42 Å². The molecule has 1 atom stereocenters. The van der Waals surface area contributed by atoms with Crippen LogP contribution in [0.25, 0.3) is 0 Å².